The molecule has 14 heteroatoms. The highest BCUT2D eigenvalue weighted by molar-refractivity contribution is 7.88. The number of aromatic nitrogens is 3. The van der Waals surface area contributed by atoms with Gasteiger partial charge in [0, 0.05) is 91.1 Å². The van der Waals surface area contributed by atoms with Crippen molar-refractivity contribution in [1.82, 2.24) is 34.2 Å². The zero-order valence-electron chi connectivity index (χ0n) is 32.1. The van der Waals surface area contributed by atoms with E-state index in [0.717, 1.165) is 113 Å². The van der Waals surface area contributed by atoms with Crippen LogP contribution >= 0.6 is 22.9 Å². The highest BCUT2D eigenvalue weighted by Crippen LogP contribution is 2.37. The molecule has 56 heavy (non-hydrogen) atoms. The second-order valence-corrected chi connectivity index (χ2v) is 18.9. The van der Waals surface area contributed by atoms with Gasteiger partial charge in [-0.15, -0.1) is 11.3 Å². The molecular weight excluding hydrogens is 766 g/mol. The van der Waals surface area contributed by atoms with Crippen LogP contribution in [0.15, 0.2) is 60.7 Å². The van der Waals surface area contributed by atoms with Crippen molar-refractivity contribution in [3.8, 4) is 22.4 Å². The first-order valence-electron chi connectivity index (χ1n) is 19.5. The lowest BCUT2D eigenvalue weighted by Crippen LogP contribution is -2.45. The smallest absolute Gasteiger partial charge is 0.251 e. The molecule has 8 rings (SSSR count). The Labute approximate surface area is 337 Å². The third kappa shape index (κ3) is 8.15. The zero-order valence-corrected chi connectivity index (χ0v) is 34.5. The van der Waals surface area contributed by atoms with Gasteiger partial charge in [-0.25, -0.2) is 13.4 Å². The minimum absolute atomic E-state index is 0.207. The summed E-state index contributed by atoms with van der Waals surface area (Å²) in [7, 11) is -3.41. The third-order valence-corrected chi connectivity index (χ3v) is 14.3. The Balaban J connectivity index is 1.00. The average molecular weight is 814 g/mol. The number of benzene rings is 3. The van der Waals surface area contributed by atoms with Gasteiger partial charge in [-0.1, -0.05) is 35.9 Å². The molecule has 2 amide bonds. The Morgan fingerprint density at radius 3 is 2.59 bits per heavy atom. The maximum absolute atomic E-state index is 13.5. The van der Waals surface area contributed by atoms with Crippen molar-refractivity contribution in [3.05, 3.63) is 93.1 Å². The van der Waals surface area contributed by atoms with Gasteiger partial charge in [0.15, 0.2) is 0 Å². The van der Waals surface area contributed by atoms with Gasteiger partial charge in [-0.05, 0) is 93.6 Å². The summed E-state index contributed by atoms with van der Waals surface area (Å²) in [4.78, 5) is 35.2. The topological polar surface area (TPSA) is 121 Å². The van der Waals surface area contributed by atoms with Gasteiger partial charge < -0.3 is 15.1 Å². The first kappa shape index (κ1) is 38.7. The Kier molecular flexibility index (Phi) is 11.1. The fourth-order valence-electron chi connectivity index (χ4n) is 8.42. The number of nitrogens with one attached hydrogen (secondary N) is 1. The fourth-order valence-corrected chi connectivity index (χ4v) is 10.4. The Morgan fingerprint density at radius 1 is 1.00 bits per heavy atom. The number of hydrogen-bond donors (Lipinski definition) is 1. The zero-order chi connectivity index (χ0) is 39.1. The summed E-state index contributed by atoms with van der Waals surface area (Å²) in [6.45, 7) is 9.18. The van der Waals surface area contributed by atoms with Crippen LogP contribution in [0.25, 0.3) is 32.6 Å². The molecule has 3 aliphatic heterocycles. The summed E-state index contributed by atoms with van der Waals surface area (Å²) >= 11 is 8.43. The predicted molar refractivity (Wildman–Crippen MR) is 222 cm³/mol. The second-order valence-electron chi connectivity index (χ2n) is 15.5. The molecule has 1 atom stereocenters. The number of nitrogens with zero attached hydrogens (tertiary/aromatic N) is 6. The van der Waals surface area contributed by atoms with Gasteiger partial charge >= 0.3 is 0 Å². The molecule has 2 saturated heterocycles. The minimum atomic E-state index is -3.41. The number of halogens is 1. The third-order valence-electron chi connectivity index (χ3n) is 11.5. The molecule has 5 heterocycles. The van der Waals surface area contributed by atoms with Crippen molar-refractivity contribution in [1.29, 1.82) is 0 Å². The molecule has 3 aliphatic rings. The molecular formula is C42H48ClN7O4S2. The van der Waals surface area contributed by atoms with Crippen LogP contribution in [0.5, 0.6) is 0 Å². The number of likely N-dealkylation sites (tertiary alicyclic amines) is 2. The molecule has 11 nitrogen and oxygen atoms in total. The van der Waals surface area contributed by atoms with Gasteiger partial charge in [0.2, 0.25) is 15.9 Å². The summed E-state index contributed by atoms with van der Waals surface area (Å²) < 4.78 is 30.1. The van der Waals surface area contributed by atoms with E-state index < -0.39 is 10.0 Å². The molecule has 5 aromatic rings. The second kappa shape index (κ2) is 16.0. The van der Waals surface area contributed by atoms with Crippen molar-refractivity contribution in [2.45, 2.75) is 77.5 Å². The van der Waals surface area contributed by atoms with E-state index in [9.17, 15) is 18.0 Å². The quantitative estimate of drug-likeness (QED) is 0.152. The first-order chi connectivity index (χ1) is 26.9. The summed E-state index contributed by atoms with van der Waals surface area (Å²) in [6.07, 6.45) is 6.45. The van der Waals surface area contributed by atoms with E-state index in [4.69, 9.17) is 21.7 Å². The molecule has 0 radical (unpaired) electrons. The van der Waals surface area contributed by atoms with E-state index in [2.05, 4.69) is 38.0 Å². The van der Waals surface area contributed by atoms with Crippen molar-refractivity contribution in [2.24, 2.45) is 0 Å². The lowest BCUT2D eigenvalue weighted by Gasteiger charge is -2.36. The van der Waals surface area contributed by atoms with Gasteiger partial charge in [-0.2, -0.15) is 9.40 Å². The van der Waals surface area contributed by atoms with Crippen LogP contribution in [0.2, 0.25) is 5.02 Å². The number of thiazole rings is 1. The molecule has 0 aliphatic carbocycles. The van der Waals surface area contributed by atoms with Crippen LogP contribution in [0.1, 0.15) is 77.3 Å². The molecule has 0 saturated carbocycles. The lowest BCUT2D eigenvalue weighted by atomic mass is 9.97. The number of rotatable bonds is 11. The van der Waals surface area contributed by atoms with Gasteiger partial charge in [0.1, 0.15) is 5.01 Å². The van der Waals surface area contributed by atoms with Crippen molar-refractivity contribution in [2.75, 3.05) is 39.0 Å². The summed E-state index contributed by atoms with van der Waals surface area (Å²) in [6, 6.07) is 19.5. The van der Waals surface area contributed by atoms with Crippen LogP contribution in [-0.4, -0.2) is 94.1 Å². The Bertz CT molecular complexity index is 2400. The van der Waals surface area contributed by atoms with E-state index in [-0.39, 0.29) is 18.5 Å². The maximum Gasteiger partial charge on any atom is 0.251 e. The number of sulfonamides is 1. The summed E-state index contributed by atoms with van der Waals surface area (Å²) in [5.41, 5.74) is 7.69. The van der Waals surface area contributed by atoms with E-state index in [1.807, 2.05) is 50.2 Å². The molecule has 2 fully saturated rings. The van der Waals surface area contributed by atoms with Crippen molar-refractivity contribution < 1.29 is 18.0 Å². The fraction of sp³-hybridized carbons (Fsp3) is 0.429. The van der Waals surface area contributed by atoms with Crippen LogP contribution in [0, 0.1) is 6.92 Å². The van der Waals surface area contributed by atoms with Crippen LogP contribution in [0.3, 0.4) is 0 Å². The van der Waals surface area contributed by atoms with Crippen LogP contribution in [0.4, 0.5) is 0 Å². The highest BCUT2D eigenvalue weighted by atomic mass is 35.5. The molecule has 0 bridgehead atoms. The SMILES string of the molecule is Cc1ccc2sc(C(C)NC(=O)c3cccc(-c4cc(-c5nn(CCCN6CCC(N7CCCC7=O)CC6)c6c5CN(S(C)(=O)=O)CC6)ccc4Cl)c3)nc2c1. The summed E-state index contributed by atoms with van der Waals surface area (Å²) in [5, 5.41) is 9.65. The van der Waals surface area contributed by atoms with Crippen LogP contribution < -0.4 is 5.32 Å². The lowest BCUT2D eigenvalue weighted by molar-refractivity contribution is -0.130. The van der Waals surface area contributed by atoms with Gasteiger partial charge in [-0.3, -0.25) is 14.3 Å². The molecule has 1 unspecified atom stereocenters. The minimum Gasteiger partial charge on any atom is -0.343 e. The average Bonchev–Trinajstić information content (AvgIpc) is 3.91. The Morgan fingerprint density at radius 2 is 1.82 bits per heavy atom. The number of amides is 2. The first-order valence-corrected chi connectivity index (χ1v) is 22.6. The number of carbonyl (C=O) groups excluding carboxylic acids is 2. The largest absolute Gasteiger partial charge is 0.343 e. The van der Waals surface area contributed by atoms with E-state index in [0.29, 0.717) is 41.9 Å². The van der Waals surface area contributed by atoms with Gasteiger partial charge in [0.05, 0.1) is 28.2 Å². The van der Waals surface area contributed by atoms with Gasteiger partial charge in [0.25, 0.3) is 5.91 Å². The van der Waals surface area contributed by atoms with E-state index in [1.54, 1.807) is 17.4 Å². The number of piperidine rings is 1. The number of aryl methyl sites for hydroxylation is 2. The van der Waals surface area contributed by atoms with E-state index in [1.165, 1.54) is 10.6 Å². The normalized spacial score (nSPS) is 17.8. The molecule has 2 aromatic heterocycles. The number of carbonyl (C=O) groups is 2. The monoisotopic (exact) mass is 813 g/mol. The molecule has 294 valence electrons. The predicted octanol–water partition coefficient (Wildman–Crippen LogP) is 7.07. The number of hydrogen-bond acceptors (Lipinski definition) is 8. The van der Waals surface area contributed by atoms with Crippen molar-refractivity contribution in [3.63, 3.8) is 0 Å². The molecule has 1 N–H and O–H groups in total. The number of fused-ring (bicyclic) bond motifs is 2. The standard InChI is InChI=1S/C42H48ClN7O4S2/c1-27-10-13-38-36(23-27)45-42(55-38)28(2)44-41(52)31-8-4-7-29(24-31)33-25-30(11-12-35(33)43)40-34-26-48(56(3,53)54)22-16-37(34)50(46-40)19-6-17-47-20-14-32(15-21-47)49-18-5-9-39(49)51/h4,7-8,10-13,23-25,28,32H,5-6,9,14-22,26H2,1-3H3,(H,44,52). The molecule has 3 aromatic carbocycles. The van der Waals surface area contributed by atoms with Crippen LogP contribution in [-0.2, 0) is 34.3 Å². The highest BCUT2D eigenvalue weighted by Gasteiger charge is 2.32. The summed E-state index contributed by atoms with van der Waals surface area (Å²) in [5.74, 6) is 0.102. The van der Waals surface area contributed by atoms with Crippen molar-refractivity contribution >= 4 is 55.0 Å². The van der Waals surface area contributed by atoms with E-state index >= 15 is 0 Å². The Hall–Kier alpha value is -4.14. The molecule has 0 spiro atoms. The maximum atomic E-state index is 13.5.